The molecule has 0 spiro atoms. The van der Waals surface area contributed by atoms with Crippen molar-refractivity contribution in [3.8, 4) is 5.75 Å². The van der Waals surface area contributed by atoms with Gasteiger partial charge in [-0.3, -0.25) is 48.2 Å². The van der Waals surface area contributed by atoms with Crippen LogP contribution in [-0.2, 0) is 57.3 Å². The first kappa shape index (κ1) is 105. The number of rotatable bonds is 29. The van der Waals surface area contributed by atoms with E-state index in [9.17, 15) is 38.4 Å². The standard InChI is InChI=1S/C31H47NO4S.C27H47NO3S.C26H44N2O3S.C22H33NO3S/c1-6-32(7-2)17-18-35-23-10-12-24(13-11-23)37-21-28(34)36-27-20-30(4,5)22(3)19-31-15-8-9-25(27)29(31)26(33)14-16-31;1-18(2)28(19(3)4)13-14-32-17-24(30)31-23-16-26(6,7)20(5)15-27-11-8-9-21(23)25(27)22(29)10-12-27;1-19-16-26-8-5-6-20(24(26)21(29)7-9-26)22(17-25(19,2)3)31-23(30)18-32-15-14-28-12-10-27(4)11-13-28;1-15-12-22-8-5-6-16(20(22)17(24)7-9-22)18(13-21(15,2)3)26-19(25)14-27-11-10-23-4/h10-13,22,25,27,29H,6-9,14-21H2,1-5H3;18-21,23,25H,8-17H2,1-7H3;19-20,22,24H,5-18H2,1-4H3;15-16,18,20H,5-14H2,1-3H3/t22-,25?,27+,29?,31?;20-,21?,23+,25?,27?;19-,20?,22+,24?,26?;15-,16?,18+,20?,22?/m0000/s1. The average Bonchev–Trinajstić information content (AvgIpc) is 1.56. The van der Waals surface area contributed by atoms with Crippen LogP contribution in [0.25, 0.3) is 4.85 Å². The lowest BCUT2D eigenvalue weighted by molar-refractivity contribution is -0.162. The lowest BCUT2D eigenvalue weighted by Crippen LogP contribution is -2.50. The fourth-order valence-corrected chi connectivity index (χ4v) is 30.2. The lowest BCUT2D eigenvalue weighted by Gasteiger charge is -2.52. The molecular weight excluding hydrogens is 1680 g/mol. The molecule has 14 rings (SSSR count). The molecule has 722 valence electrons. The van der Waals surface area contributed by atoms with E-state index in [4.69, 9.17) is 30.3 Å². The molecule has 1 aromatic carbocycles. The summed E-state index contributed by atoms with van der Waals surface area (Å²) >= 11 is 6.36. The number of hydrogen-bond donors (Lipinski definition) is 0. The van der Waals surface area contributed by atoms with Crippen molar-refractivity contribution in [1.29, 1.82) is 0 Å². The summed E-state index contributed by atoms with van der Waals surface area (Å²) in [5.41, 5.74) is 1.02. The van der Waals surface area contributed by atoms with Gasteiger partial charge in [0.15, 0.2) is 0 Å². The minimum absolute atomic E-state index is 0.0796. The predicted molar refractivity (Wildman–Crippen MR) is 523 cm³/mol. The average molecular weight is 1850 g/mol. The topological polar surface area (TPSA) is 200 Å². The largest absolute Gasteiger partial charge is 0.492 e. The fourth-order valence-electron chi connectivity index (χ4n) is 27.4. The minimum atomic E-state index is -0.180. The van der Waals surface area contributed by atoms with Gasteiger partial charge in [0, 0.05) is 147 Å². The Balaban J connectivity index is 0.000000166. The molecule has 0 radical (unpaired) electrons. The SMILES string of the molecule is CC(C)N(CCSCC(=O)O[C@@H]1CC(C)(C)[C@@H](C)CC23CCCC1C2C(=O)CC3)C(C)C.CCN(CC)CCOc1ccc(SCC(=O)O[C@@H]2CC(C)(C)[C@@H](C)CC34CCCC2C3C(=O)CC4)cc1.C[C@H]1CC23CCCC(C2C(=O)CC3)[C@H](OC(=O)CSCCN2CCN(C)CC2)CC1(C)C.[C-]#[N+]CCSCC(=O)O[C@@H]1CC(C)(C)[C@@H](C)CC23CCCC1C2C(=O)CC3. The van der Waals surface area contributed by atoms with Gasteiger partial charge in [-0.25, -0.2) is 6.57 Å². The second kappa shape index (κ2) is 46.0. The zero-order chi connectivity index (χ0) is 92.9. The number of piperazine rings is 1. The summed E-state index contributed by atoms with van der Waals surface area (Å²) in [4.78, 5) is 117. The molecule has 0 aromatic heterocycles. The number of esters is 4. The van der Waals surface area contributed by atoms with E-state index in [1.54, 1.807) is 23.5 Å². The molecule has 12 unspecified atom stereocenters. The Kier molecular flexibility index (Phi) is 37.6. The van der Waals surface area contributed by atoms with Gasteiger partial charge in [0.25, 0.3) is 0 Å². The molecule has 12 aliphatic carbocycles. The van der Waals surface area contributed by atoms with Crippen molar-refractivity contribution in [2.75, 3.05) is 119 Å². The van der Waals surface area contributed by atoms with Crippen LogP contribution in [0.3, 0.4) is 0 Å². The van der Waals surface area contributed by atoms with Crippen molar-refractivity contribution in [3.05, 3.63) is 35.7 Å². The molecule has 13 fully saturated rings. The van der Waals surface area contributed by atoms with Gasteiger partial charge in [-0.15, -0.1) is 47.0 Å². The van der Waals surface area contributed by atoms with Gasteiger partial charge in [0.2, 0.25) is 6.54 Å². The summed E-state index contributed by atoms with van der Waals surface area (Å²) in [5.74, 6) is 9.38. The summed E-state index contributed by atoms with van der Waals surface area (Å²) in [6.07, 6.45) is 27.9. The van der Waals surface area contributed by atoms with Crippen LogP contribution in [0, 0.1) is 121 Å². The number of carbonyl (C=O) groups is 8. The first-order chi connectivity index (χ1) is 60.6. The molecular formula is C106H171N5O13S4. The molecule has 0 N–H and O–H groups in total. The van der Waals surface area contributed by atoms with E-state index in [0.717, 1.165) is 222 Å². The highest BCUT2D eigenvalue weighted by molar-refractivity contribution is 8.00. The molecule has 13 aliphatic rings. The summed E-state index contributed by atoms with van der Waals surface area (Å²) in [5, 5.41) is 0. The highest BCUT2D eigenvalue weighted by atomic mass is 32.2. The van der Waals surface area contributed by atoms with Crippen molar-refractivity contribution >= 4 is 94.1 Å². The van der Waals surface area contributed by atoms with E-state index >= 15 is 0 Å². The van der Waals surface area contributed by atoms with Crippen LogP contribution in [0.2, 0.25) is 0 Å². The molecule has 1 aliphatic heterocycles. The van der Waals surface area contributed by atoms with Crippen LogP contribution in [0.5, 0.6) is 5.75 Å². The Bertz CT molecular complexity index is 3880. The number of carbonyl (C=O) groups excluding carboxylic acids is 8. The van der Waals surface area contributed by atoms with Crippen LogP contribution in [0.4, 0.5) is 0 Å². The van der Waals surface area contributed by atoms with Crippen LogP contribution in [0.1, 0.15) is 304 Å². The van der Waals surface area contributed by atoms with Crippen LogP contribution < -0.4 is 4.74 Å². The van der Waals surface area contributed by atoms with Gasteiger partial charge in [0.05, 0.1) is 28.8 Å². The van der Waals surface area contributed by atoms with Gasteiger partial charge in [-0.1, -0.05) is 123 Å². The van der Waals surface area contributed by atoms with Gasteiger partial charge >= 0.3 is 23.9 Å². The van der Waals surface area contributed by atoms with E-state index in [1.165, 1.54) is 49.2 Å². The second-order valence-electron chi connectivity index (χ2n) is 46.0. The molecule has 128 heavy (non-hydrogen) atoms. The van der Waals surface area contributed by atoms with Gasteiger partial charge in [-0.05, 0) is 268 Å². The number of thioether (sulfide) groups is 4. The van der Waals surface area contributed by atoms with E-state index in [-0.39, 0.29) is 145 Å². The highest BCUT2D eigenvalue weighted by Crippen LogP contribution is 2.66. The number of nitrogens with zero attached hydrogens (tertiary/aromatic N) is 5. The lowest BCUT2D eigenvalue weighted by atomic mass is 9.53. The Morgan fingerprint density at radius 1 is 0.453 bits per heavy atom. The van der Waals surface area contributed by atoms with E-state index in [1.807, 2.05) is 24.3 Å². The predicted octanol–water partition coefficient (Wildman–Crippen LogP) is 21.5. The van der Waals surface area contributed by atoms with E-state index in [0.29, 0.717) is 108 Å². The number of benzene rings is 1. The number of likely N-dealkylation sites (N-methyl/N-ethyl adjacent to an activating group) is 2. The molecule has 1 saturated heterocycles. The highest BCUT2D eigenvalue weighted by Gasteiger charge is 2.63. The van der Waals surface area contributed by atoms with Crippen molar-refractivity contribution < 1.29 is 62.0 Å². The first-order valence-electron chi connectivity index (χ1n) is 50.8. The second-order valence-corrected chi connectivity index (χ2v) is 50.4. The van der Waals surface area contributed by atoms with Gasteiger partial charge < -0.3 is 38.3 Å². The smallest absolute Gasteiger partial charge is 0.316 e. The van der Waals surface area contributed by atoms with Crippen LogP contribution in [0.15, 0.2) is 29.2 Å². The number of ether oxygens (including phenoxy) is 5. The molecule has 8 bridgehead atoms. The zero-order valence-electron chi connectivity index (χ0n) is 82.9. The monoisotopic (exact) mass is 1850 g/mol. The fraction of sp³-hybridized carbons (Fsp3) is 0.858. The minimum Gasteiger partial charge on any atom is -0.492 e. The number of Topliss-reactive ketones (excluding diaryl/α,β-unsaturated/α-hetero) is 4. The van der Waals surface area contributed by atoms with Crippen molar-refractivity contribution in [2.45, 2.75) is 346 Å². The Labute approximate surface area is 791 Å². The van der Waals surface area contributed by atoms with E-state index < -0.39 is 0 Å². The quantitative estimate of drug-likeness (QED) is 0.0241. The third-order valence-corrected chi connectivity index (χ3v) is 39.6. The molecule has 1 heterocycles. The third-order valence-electron chi connectivity index (χ3n) is 35.9. The number of hydrogen-bond acceptors (Lipinski definition) is 21. The Morgan fingerprint density at radius 2 is 0.781 bits per heavy atom. The van der Waals surface area contributed by atoms with Gasteiger partial charge in [0.1, 0.15) is 59.9 Å². The summed E-state index contributed by atoms with van der Waals surface area (Å²) in [6.45, 7) is 58.6. The Morgan fingerprint density at radius 3 is 1.11 bits per heavy atom. The normalized spacial score (nSPS) is 35.0. The van der Waals surface area contributed by atoms with Crippen molar-refractivity contribution in [3.63, 3.8) is 0 Å². The van der Waals surface area contributed by atoms with Crippen molar-refractivity contribution in [1.82, 2.24) is 19.6 Å². The molecule has 20 atom stereocenters. The summed E-state index contributed by atoms with van der Waals surface area (Å²) < 4.78 is 30.6. The van der Waals surface area contributed by atoms with Gasteiger partial charge in [-0.2, -0.15) is 0 Å². The molecule has 22 heteroatoms. The molecule has 12 saturated carbocycles. The molecule has 0 amide bonds. The third kappa shape index (κ3) is 26.0. The van der Waals surface area contributed by atoms with Crippen molar-refractivity contribution in [2.24, 2.45) is 114 Å². The maximum Gasteiger partial charge on any atom is 0.316 e. The van der Waals surface area contributed by atoms with E-state index in [2.05, 4.69) is 156 Å². The first-order valence-corrected chi connectivity index (χ1v) is 55.3. The maximum atomic E-state index is 13.1. The summed E-state index contributed by atoms with van der Waals surface area (Å²) in [7, 11) is 2.18. The van der Waals surface area contributed by atoms with Crippen LogP contribution >= 0.6 is 47.0 Å². The zero-order valence-corrected chi connectivity index (χ0v) is 86.2. The van der Waals surface area contributed by atoms with Crippen LogP contribution in [-0.4, -0.2) is 222 Å². The maximum absolute atomic E-state index is 13.1. The number of ketones is 4. The molecule has 1 aromatic rings. The molecule has 18 nitrogen and oxygen atoms in total. The summed E-state index contributed by atoms with van der Waals surface area (Å²) in [6, 6.07) is 8.99. The Hall–Kier alpha value is -3.69.